The summed E-state index contributed by atoms with van der Waals surface area (Å²) in [7, 11) is 3.21. The van der Waals surface area contributed by atoms with Crippen molar-refractivity contribution in [2.45, 2.75) is 6.92 Å². The molecule has 1 saturated heterocycles. The van der Waals surface area contributed by atoms with Crippen LogP contribution in [0.2, 0.25) is 0 Å². The van der Waals surface area contributed by atoms with Crippen molar-refractivity contribution >= 4 is 17.7 Å². The lowest BCUT2D eigenvalue weighted by molar-refractivity contribution is 0.195. The van der Waals surface area contributed by atoms with Gasteiger partial charge in [0.05, 0.1) is 12.8 Å². The largest absolute Gasteiger partial charge is 0.495 e. The summed E-state index contributed by atoms with van der Waals surface area (Å²) in [4.78, 5) is 26.5. The minimum Gasteiger partial charge on any atom is -0.495 e. The molecule has 0 saturated carbocycles. The van der Waals surface area contributed by atoms with Crippen molar-refractivity contribution in [2.24, 2.45) is 0 Å². The Labute approximate surface area is 111 Å². The summed E-state index contributed by atoms with van der Waals surface area (Å²) in [6.07, 6.45) is 0. The number of aryl methyl sites for hydroxylation is 1. The van der Waals surface area contributed by atoms with Gasteiger partial charge in [0.15, 0.2) is 0 Å². The fourth-order valence-corrected chi connectivity index (χ4v) is 1.94. The van der Waals surface area contributed by atoms with E-state index >= 15 is 0 Å². The Kier molecular flexibility index (Phi) is 3.59. The lowest BCUT2D eigenvalue weighted by atomic mass is 10.2. The molecule has 0 aromatic heterocycles. The van der Waals surface area contributed by atoms with E-state index in [2.05, 4.69) is 5.32 Å². The highest BCUT2D eigenvalue weighted by Gasteiger charge is 2.31. The van der Waals surface area contributed by atoms with Gasteiger partial charge in [-0.1, -0.05) is 6.07 Å². The van der Waals surface area contributed by atoms with Crippen molar-refractivity contribution in [3.8, 4) is 5.75 Å². The predicted octanol–water partition coefficient (Wildman–Crippen LogP) is 1.90. The van der Waals surface area contributed by atoms with Crippen LogP contribution in [0.3, 0.4) is 0 Å². The number of ether oxygens (including phenoxy) is 1. The van der Waals surface area contributed by atoms with Crippen LogP contribution in [0.5, 0.6) is 5.75 Å². The zero-order valence-corrected chi connectivity index (χ0v) is 11.3. The van der Waals surface area contributed by atoms with Crippen molar-refractivity contribution in [3.63, 3.8) is 0 Å². The van der Waals surface area contributed by atoms with Gasteiger partial charge >= 0.3 is 12.1 Å². The second-order valence-electron chi connectivity index (χ2n) is 4.49. The monoisotopic (exact) mass is 263 g/mol. The van der Waals surface area contributed by atoms with E-state index in [4.69, 9.17) is 4.74 Å². The standard InChI is InChI=1S/C13H17N3O3/c1-9-4-5-11(19-3)10(8-9)14-12(17)16-7-6-15(2)13(16)18/h4-5,8H,6-7H2,1-3H3,(H,14,17). The molecular formula is C13H17N3O3. The van der Waals surface area contributed by atoms with Crippen LogP contribution >= 0.6 is 0 Å². The minimum atomic E-state index is -0.432. The molecule has 1 heterocycles. The molecule has 4 amide bonds. The van der Waals surface area contributed by atoms with Gasteiger partial charge in [-0.25, -0.2) is 14.5 Å². The van der Waals surface area contributed by atoms with Gasteiger partial charge in [-0.15, -0.1) is 0 Å². The Morgan fingerprint density at radius 1 is 1.37 bits per heavy atom. The fraction of sp³-hybridized carbons (Fsp3) is 0.385. The molecule has 102 valence electrons. The molecular weight excluding hydrogens is 246 g/mol. The van der Waals surface area contributed by atoms with E-state index in [0.717, 1.165) is 5.56 Å². The van der Waals surface area contributed by atoms with Crippen molar-refractivity contribution in [2.75, 3.05) is 32.6 Å². The molecule has 0 radical (unpaired) electrons. The summed E-state index contributed by atoms with van der Waals surface area (Å²) in [5, 5.41) is 2.71. The van der Waals surface area contributed by atoms with Crippen molar-refractivity contribution < 1.29 is 14.3 Å². The molecule has 1 fully saturated rings. The highest BCUT2D eigenvalue weighted by atomic mass is 16.5. The molecule has 1 aliphatic rings. The molecule has 1 aliphatic heterocycles. The quantitative estimate of drug-likeness (QED) is 0.886. The van der Waals surface area contributed by atoms with Gasteiger partial charge in [0.25, 0.3) is 0 Å². The summed E-state index contributed by atoms with van der Waals surface area (Å²) in [5.74, 6) is 0.568. The van der Waals surface area contributed by atoms with E-state index in [1.807, 2.05) is 13.0 Å². The second-order valence-corrected chi connectivity index (χ2v) is 4.49. The van der Waals surface area contributed by atoms with E-state index in [1.54, 1.807) is 19.2 Å². The van der Waals surface area contributed by atoms with Crippen LogP contribution in [0.1, 0.15) is 5.56 Å². The molecule has 1 N–H and O–H groups in total. The van der Waals surface area contributed by atoms with Gasteiger partial charge in [0.2, 0.25) is 0 Å². The molecule has 2 rings (SSSR count). The van der Waals surface area contributed by atoms with Crippen LogP contribution in [0.25, 0.3) is 0 Å². The Balaban J connectivity index is 2.15. The summed E-state index contributed by atoms with van der Waals surface area (Å²) in [6.45, 7) is 2.87. The maximum atomic E-state index is 12.1. The normalized spacial score (nSPS) is 14.8. The lowest BCUT2D eigenvalue weighted by Crippen LogP contribution is -2.38. The van der Waals surface area contributed by atoms with Crippen molar-refractivity contribution in [1.29, 1.82) is 0 Å². The number of carbonyl (C=O) groups is 2. The number of methoxy groups -OCH3 is 1. The van der Waals surface area contributed by atoms with Gasteiger partial charge in [0.1, 0.15) is 5.75 Å². The predicted molar refractivity (Wildman–Crippen MR) is 71.5 cm³/mol. The zero-order chi connectivity index (χ0) is 14.0. The number of imide groups is 1. The van der Waals surface area contributed by atoms with Crippen LogP contribution in [0.15, 0.2) is 18.2 Å². The van der Waals surface area contributed by atoms with Crippen molar-refractivity contribution in [1.82, 2.24) is 9.80 Å². The number of hydrogen-bond acceptors (Lipinski definition) is 3. The fourth-order valence-electron chi connectivity index (χ4n) is 1.94. The molecule has 0 spiro atoms. The molecule has 0 aliphatic carbocycles. The number of nitrogens with one attached hydrogen (secondary N) is 1. The topological polar surface area (TPSA) is 61.9 Å². The van der Waals surface area contributed by atoms with Gasteiger partial charge < -0.3 is 15.0 Å². The van der Waals surface area contributed by atoms with E-state index in [0.29, 0.717) is 24.5 Å². The van der Waals surface area contributed by atoms with Gasteiger partial charge in [-0.05, 0) is 24.6 Å². The minimum absolute atomic E-state index is 0.288. The van der Waals surface area contributed by atoms with E-state index in [1.165, 1.54) is 16.9 Å². The third kappa shape index (κ3) is 2.62. The molecule has 0 atom stereocenters. The molecule has 6 nitrogen and oxygen atoms in total. The highest BCUT2D eigenvalue weighted by molar-refractivity contribution is 6.02. The number of amides is 4. The number of urea groups is 2. The number of carbonyl (C=O) groups excluding carboxylic acids is 2. The van der Waals surface area contributed by atoms with Gasteiger partial charge in [0, 0.05) is 20.1 Å². The smallest absolute Gasteiger partial charge is 0.330 e. The Morgan fingerprint density at radius 2 is 2.11 bits per heavy atom. The third-order valence-electron chi connectivity index (χ3n) is 3.06. The van der Waals surface area contributed by atoms with E-state index < -0.39 is 6.03 Å². The second kappa shape index (κ2) is 5.17. The summed E-state index contributed by atoms with van der Waals surface area (Å²) in [5.41, 5.74) is 1.57. The number of benzene rings is 1. The summed E-state index contributed by atoms with van der Waals surface area (Å²) >= 11 is 0. The van der Waals surface area contributed by atoms with Crippen LogP contribution in [0, 0.1) is 6.92 Å². The summed E-state index contributed by atoms with van der Waals surface area (Å²) in [6, 6.07) is 4.76. The third-order valence-corrected chi connectivity index (χ3v) is 3.06. The highest BCUT2D eigenvalue weighted by Crippen LogP contribution is 2.25. The first-order valence-corrected chi connectivity index (χ1v) is 6.01. The van der Waals surface area contributed by atoms with Gasteiger partial charge in [-0.3, -0.25) is 0 Å². The average molecular weight is 263 g/mol. The van der Waals surface area contributed by atoms with E-state index in [-0.39, 0.29) is 6.03 Å². The first-order chi connectivity index (χ1) is 9.02. The van der Waals surface area contributed by atoms with Crippen molar-refractivity contribution in [3.05, 3.63) is 23.8 Å². The molecule has 0 bridgehead atoms. The lowest BCUT2D eigenvalue weighted by Gasteiger charge is -2.16. The molecule has 19 heavy (non-hydrogen) atoms. The maximum absolute atomic E-state index is 12.1. The number of rotatable bonds is 2. The summed E-state index contributed by atoms with van der Waals surface area (Å²) < 4.78 is 5.18. The van der Waals surface area contributed by atoms with Crippen LogP contribution < -0.4 is 10.1 Å². The van der Waals surface area contributed by atoms with Crippen LogP contribution in [0.4, 0.5) is 15.3 Å². The number of likely N-dealkylation sites (N-methyl/N-ethyl adjacent to an activating group) is 1. The van der Waals surface area contributed by atoms with Gasteiger partial charge in [-0.2, -0.15) is 0 Å². The number of nitrogens with zero attached hydrogens (tertiary/aromatic N) is 2. The Morgan fingerprint density at radius 3 is 2.68 bits per heavy atom. The van der Waals surface area contributed by atoms with Crippen LogP contribution in [-0.2, 0) is 0 Å². The Hall–Kier alpha value is -2.24. The first-order valence-electron chi connectivity index (χ1n) is 6.01. The Bertz CT molecular complexity index is 516. The molecule has 0 unspecified atom stereocenters. The SMILES string of the molecule is COc1ccc(C)cc1NC(=O)N1CCN(C)C1=O. The number of anilines is 1. The van der Waals surface area contributed by atoms with Crippen LogP contribution in [-0.4, -0.2) is 49.1 Å². The zero-order valence-electron chi connectivity index (χ0n) is 11.3. The maximum Gasteiger partial charge on any atom is 0.330 e. The average Bonchev–Trinajstić information content (AvgIpc) is 2.70. The molecule has 1 aromatic carbocycles. The molecule has 6 heteroatoms. The number of hydrogen-bond donors (Lipinski definition) is 1. The molecule has 1 aromatic rings. The first kappa shape index (κ1) is 13.2. The van der Waals surface area contributed by atoms with E-state index in [9.17, 15) is 9.59 Å².